The molecule has 0 radical (unpaired) electrons. The first-order valence-electron chi connectivity index (χ1n) is 5.36. The van der Waals surface area contributed by atoms with Crippen LogP contribution < -0.4 is 5.32 Å². The van der Waals surface area contributed by atoms with E-state index >= 15 is 0 Å². The molecule has 0 aromatic heterocycles. The van der Waals surface area contributed by atoms with E-state index in [1.54, 1.807) is 11.0 Å². The van der Waals surface area contributed by atoms with Crippen LogP contribution in [0.15, 0.2) is 12.1 Å². The lowest BCUT2D eigenvalue weighted by Gasteiger charge is -2.26. The second kappa shape index (κ2) is 6.24. The first-order valence-corrected chi connectivity index (χ1v) is 7.65. The molecule has 1 aromatic carbocycles. The molecule has 3 nitrogen and oxygen atoms in total. The topological polar surface area (TPSA) is 32.3 Å². The van der Waals surface area contributed by atoms with Gasteiger partial charge in [0.15, 0.2) is 0 Å². The molecule has 1 heterocycles. The van der Waals surface area contributed by atoms with E-state index in [1.165, 1.54) is 6.07 Å². The van der Waals surface area contributed by atoms with E-state index in [1.807, 2.05) is 11.8 Å². The van der Waals surface area contributed by atoms with Crippen molar-refractivity contribution in [2.45, 2.75) is 0 Å². The number of anilines is 1. The van der Waals surface area contributed by atoms with Crippen molar-refractivity contribution in [3.63, 3.8) is 0 Å². The lowest BCUT2D eigenvalue weighted by atomic mass is 10.3. The molecule has 1 saturated heterocycles. The SMILES string of the molecule is O=C(Nc1cc(Cl)c(Cl)cc1Cl)N1CCSCC1. The van der Waals surface area contributed by atoms with Crippen molar-refractivity contribution in [3.05, 3.63) is 27.2 Å². The Labute approximate surface area is 125 Å². The molecule has 2 rings (SSSR count). The summed E-state index contributed by atoms with van der Waals surface area (Å²) in [6.07, 6.45) is 0. The number of hydrogen-bond donors (Lipinski definition) is 1. The zero-order chi connectivity index (χ0) is 13.1. The summed E-state index contributed by atoms with van der Waals surface area (Å²) in [7, 11) is 0. The van der Waals surface area contributed by atoms with Crippen LogP contribution in [0.3, 0.4) is 0 Å². The van der Waals surface area contributed by atoms with Crippen LogP contribution in [-0.2, 0) is 0 Å². The molecule has 1 aliphatic heterocycles. The summed E-state index contributed by atoms with van der Waals surface area (Å²) < 4.78 is 0. The molecule has 1 N–H and O–H groups in total. The first kappa shape index (κ1) is 14.1. The normalized spacial score (nSPS) is 15.6. The fourth-order valence-corrected chi connectivity index (χ4v) is 3.08. The van der Waals surface area contributed by atoms with Crippen molar-refractivity contribution in [1.29, 1.82) is 0 Å². The first-order chi connectivity index (χ1) is 8.58. The van der Waals surface area contributed by atoms with Crippen LogP contribution in [-0.4, -0.2) is 35.5 Å². The Morgan fingerprint density at radius 3 is 2.39 bits per heavy atom. The second-order valence-electron chi connectivity index (χ2n) is 3.78. The van der Waals surface area contributed by atoms with Crippen LogP contribution in [0.25, 0.3) is 0 Å². The lowest BCUT2D eigenvalue weighted by molar-refractivity contribution is 0.217. The molecule has 0 unspecified atom stereocenters. The van der Waals surface area contributed by atoms with E-state index in [2.05, 4.69) is 5.32 Å². The highest BCUT2D eigenvalue weighted by atomic mass is 35.5. The van der Waals surface area contributed by atoms with Crippen molar-refractivity contribution in [2.24, 2.45) is 0 Å². The van der Waals surface area contributed by atoms with Crippen molar-refractivity contribution < 1.29 is 4.79 Å². The van der Waals surface area contributed by atoms with Gasteiger partial charge >= 0.3 is 6.03 Å². The maximum Gasteiger partial charge on any atom is 0.321 e. The van der Waals surface area contributed by atoms with E-state index in [0.717, 1.165) is 24.6 Å². The summed E-state index contributed by atoms with van der Waals surface area (Å²) in [6.45, 7) is 1.49. The van der Waals surface area contributed by atoms with E-state index in [-0.39, 0.29) is 6.03 Å². The molecule has 0 atom stereocenters. The van der Waals surface area contributed by atoms with Crippen LogP contribution in [0.5, 0.6) is 0 Å². The molecular formula is C11H11Cl3N2OS. The molecule has 7 heteroatoms. The Hall–Kier alpha value is -0.290. The second-order valence-corrected chi connectivity index (χ2v) is 6.22. The molecule has 1 fully saturated rings. The number of nitrogens with one attached hydrogen (secondary N) is 1. The quantitative estimate of drug-likeness (QED) is 0.784. The zero-order valence-electron chi connectivity index (χ0n) is 9.38. The van der Waals surface area contributed by atoms with Gasteiger partial charge in [-0.3, -0.25) is 0 Å². The molecular weight excluding hydrogens is 315 g/mol. The summed E-state index contributed by atoms with van der Waals surface area (Å²) in [4.78, 5) is 13.7. The fraction of sp³-hybridized carbons (Fsp3) is 0.364. The number of amides is 2. The maximum absolute atomic E-state index is 12.0. The minimum Gasteiger partial charge on any atom is -0.323 e. The average molecular weight is 326 g/mol. The summed E-state index contributed by atoms with van der Waals surface area (Å²) in [5.74, 6) is 1.92. The fourth-order valence-electron chi connectivity index (χ4n) is 1.58. The number of carbonyl (C=O) groups excluding carboxylic acids is 1. The highest BCUT2D eigenvalue weighted by Gasteiger charge is 2.18. The Balaban J connectivity index is 2.08. The number of benzene rings is 1. The number of carbonyl (C=O) groups is 1. The Bertz CT molecular complexity index is 464. The predicted molar refractivity (Wildman–Crippen MR) is 79.4 cm³/mol. The van der Waals surface area contributed by atoms with Crippen LogP contribution in [0.2, 0.25) is 15.1 Å². The Morgan fingerprint density at radius 1 is 1.11 bits per heavy atom. The highest BCUT2D eigenvalue weighted by molar-refractivity contribution is 7.99. The average Bonchev–Trinajstić information content (AvgIpc) is 2.37. The number of hydrogen-bond acceptors (Lipinski definition) is 2. The summed E-state index contributed by atoms with van der Waals surface area (Å²) in [5, 5.41) is 3.87. The van der Waals surface area contributed by atoms with E-state index in [4.69, 9.17) is 34.8 Å². The predicted octanol–water partition coefficient (Wildman–Crippen LogP) is 4.23. The summed E-state index contributed by atoms with van der Waals surface area (Å²) in [6, 6.07) is 2.92. The molecule has 1 aliphatic rings. The van der Waals surface area contributed by atoms with Crippen LogP contribution >= 0.6 is 46.6 Å². The zero-order valence-corrected chi connectivity index (χ0v) is 12.5. The van der Waals surface area contributed by atoms with Gasteiger partial charge in [0.1, 0.15) is 0 Å². The van der Waals surface area contributed by atoms with Gasteiger partial charge < -0.3 is 10.2 Å². The Kier molecular flexibility index (Phi) is 4.90. The molecule has 18 heavy (non-hydrogen) atoms. The molecule has 0 saturated carbocycles. The minimum atomic E-state index is -0.157. The van der Waals surface area contributed by atoms with Gasteiger partial charge in [-0.1, -0.05) is 34.8 Å². The molecule has 2 amide bonds. The highest BCUT2D eigenvalue weighted by Crippen LogP contribution is 2.32. The molecule has 0 aliphatic carbocycles. The van der Waals surface area contributed by atoms with Crippen molar-refractivity contribution >= 4 is 58.3 Å². The van der Waals surface area contributed by atoms with Crippen molar-refractivity contribution in [2.75, 3.05) is 29.9 Å². The third kappa shape index (κ3) is 3.38. The third-order valence-electron chi connectivity index (χ3n) is 2.55. The van der Waals surface area contributed by atoms with Gasteiger partial charge in [-0.25, -0.2) is 4.79 Å². The number of rotatable bonds is 1. The van der Waals surface area contributed by atoms with Crippen LogP contribution in [0, 0.1) is 0 Å². The molecule has 98 valence electrons. The smallest absolute Gasteiger partial charge is 0.321 e. The summed E-state index contributed by atoms with van der Waals surface area (Å²) >= 11 is 19.6. The van der Waals surface area contributed by atoms with Crippen LogP contribution in [0.4, 0.5) is 10.5 Å². The van der Waals surface area contributed by atoms with Crippen molar-refractivity contribution in [3.8, 4) is 0 Å². The summed E-state index contributed by atoms with van der Waals surface area (Å²) in [5.41, 5.74) is 0.481. The standard InChI is InChI=1S/C11H11Cl3N2OS/c12-7-5-9(14)10(6-8(7)13)15-11(17)16-1-3-18-4-2-16/h5-6H,1-4H2,(H,15,17). The molecule has 1 aromatic rings. The Morgan fingerprint density at radius 2 is 1.72 bits per heavy atom. The van der Waals surface area contributed by atoms with Gasteiger partial charge in [0.2, 0.25) is 0 Å². The van der Waals surface area contributed by atoms with E-state index in [0.29, 0.717) is 20.8 Å². The number of thioether (sulfide) groups is 1. The number of halogens is 3. The molecule has 0 bridgehead atoms. The largest absolute Gasteiger partial charge is 0.323 e. The molecule has 0 spiro atoms. The monoisotopic (exact) mass is 324 g/mol. The van der Waals surface area contributed by atoms with Gasteiger partial charge in [0.05, 0.1) is 20.8 Å². The van der Waals surface area contributed by atoms with Gasteiger partial charge in [0.25, 0.3) is 0 Å². The lowest BCUT2D eigenvalue weighted by Crippen LogP contribution is -2.40. The maximum atomic E-state index is 12.0. The van der Waals surface area contributed by atoms with Crippen molar-refractivity contribution in [1.82, 2.24) is 4.90 Å². The van der Waals surface area contributed by atoms with E-state index < -0.39 is 0 Å². The minimum absolute atomic E-state index is 0.157. The van der Waals surface area contributed by atoms with Gasteiger partial charge in [-0.15, -0.1) is 0 Å². The van der Waals surface area contributed by atoms with E-state index in [9.17, 15) is 4.79 Å². The number of nitrogens with zero attached hydrogens (tertiary/aromatic N) is 1. The third-order valence-corrected chi connectivity index (χ3v) is 4.53. The van der Waals surface area contributed by atoms with Gasteiger partial charge in [0, 0.05) is 24.6 Å². The van der Waals surface area contributed by atoms with Gasteiger partial charge in [-0.05, 0) is 12.1 Å². The van der Waals surface area contributed by atoms with Crippen LogP contribution in [0.1, 0.15) is 0 Å². The van der Waals surface area contributed by atoms with Gasteiger partial charge in [-0.2, -0.15) is 11.8 Å². The number of urea groups is 1.